The van der Waals surface area contributed by atoms with Crippen LogP contribution < -0.4 is 4.74 Å². The summed E-state index contributed by atoms with van der Waals surface area (Å²) in [5, 5.41) is 0. The highest BCUT2D eigenvalue weighted by atomic mass is 79.9. The zero-order chi connectivity index (χ0) is 25.4. The van der Waals surface area contributed by atoms with Gasteiger partial charge in [0.1, 0.15) is 12.4 Å². The van der Waals surface area contributed by atoms with Crippen molar-refractivity contribution in [3.63, 3.8) is 0 Å². The number of benzene rings is 3. The van der Waals surface area contributed by atoms with Gasteiger partial charge in [-0.05, 0) is 76.8 Å². The molecule has 0 spiro atoms. The number of carbonyl (C=O) groups excluding carboxylic acids is 2. The fourth-order valence-corrected chi connectivity index (χ4v) is 4.93. The molecule has 3 aromatic rings. The molecule has 1 aliphatic rings. The second kappa shape index (κ2) is 9.62. The summed E-state index contributed by atoms with van der Waals surface area (Å²) in [6.45, 7) is 9.35. The van der Waals surface area contributed by atoms with E-state index in [2.05, 4.69) is 49.7 Å². The predicted molar refractivity (Wildman–Crippen MR) is 141 cm³/mol. The van der Waals surface area contributed by atoms with E-state index in [1.54, 1.807) is 24.3 Å². The van der Waals surface area contributed by atoms with Crippen LogP contribution in [0.25, 0.3) is 0 Å². The Morgan fingerprint density at radius 3 is 1.94 bits per heavy atom. The molecule has 5 heteroatoms. The third-order valence-electron chi connectivity index (χ3n) is 7.07. The zero-order valence-corrected chi connectivity index (χ0v) is 22.5. The Kier molecular flexibility index (Phi) is 6.92. The average Bonchev–Trinajstić information content (AvgIpc) is 2.85. The summed E-state index contributed by atoms with van der Waals surface area (Å²) in [7, 11) is 1.34. The van der Waals surface area contributed by atoms with Gasteiger partial charge in [-0.1, -0.05) is 67.9 Å². The van der Waals surface area contributed by atoms with E-state index < -0.39 is 5.97 Å². The van der Waals surface area contributed by atoms with Crippen LogP contribution in [0.3, 0.4) is 0 Å². The number of ketones is 1. The highest BCUT2D eigenvalue weighted by Crippen LogP contribution is 2.48. The zero-order valence-electron chi connectivity index (χ0n) is 20.9. The lowest BCUT2D eigenvalue weighted by molar-refractivity contribution is 0.0600. The van der Waals surface area contributed by atoms with E-state index in [1.807, 2.05) is 30.3 Å². The minimum absolute atomic E-state index is 0.00961. The van der Waals surface area contributed by atoms with Gasteiger partial charge in [0.25, 0.3) is 0 Å². The minimum atomic E-state index is -0.430. The lowest BCUT2D eigenvalue weighted by Crippen LogP contribution is -2.34. The van der Waals surface area contributed by atoms with Crippen molar-refractivity contribution in [2.75, 3.05) is 7.11 Å². The number of methoxy groups -OCH3 is 1. The molecular weight excluding hydrogens is 504 g/mol. The van der Waals surface area contributed by atoms with E-state index in [0.717, 1.165) is 22.9 Å². The molecule has 4 nitrogen and oxygen atoms in total. The molecule has 0 saturated heterocycles. The van der Waals surface area contributed by atoms with Crippen LogP contribution >= 0.6 is 15.9 Å². The maximum absolute atomic E-state index is 13.7. The first kappa shape index (κ1) is 25.2. The van der Waals surface area contributed by atoms with Gasteiger partial charge >= 0.3 is 5.97 Å². The Hall–Kier alpha value is -2.92. The SMILES string of the molecule is COC(=O)c1ccc(C(=O)c2cc3c(cc2OCc2ccc(Br)cc2)C(C)(C)CCC3(C)C)cc1. The van der Waals surface area contributed by atoms with Crippen molar-refractivity contribution in [1.29, 1.82) is 0 Å². The van der Waals surface area contributed by atoms with Gasteiger partial charge in [-0.15, -0.1) is 0 Å². The van der Waals surface area contributed by atoms with E-state index >= 15 is 0 Å². The minimum Gasteiger partial charge on any atom is -0.488 e. The smallest absolute Gasteiger partial charge is 0.337 e. The Labute approximate surface area is 215 Å². The number of ether oxygens (including phenoxy) is 2. The number of hydrogen-bond acceptors (Lipinski definition) is 4. The number of halogens is 1. The third-order valence-corrected chi connectivity index (χ3v) is 7.60. The fourth-order valence-electron chi connectivity index (χ4n) is 4.66. The number of carbonyl (C=O) groups is 2. The number of esters is 1. The number of fused-ring (bicyclic) bond motifs is 1. The van der Waals surface area contributed by atoms with E-state index in [4.69, 9.17) is 9.47 Å². The number of hydrogen-bond donors (Lipinski definition) is 0. The van der Waals surface area contributed by atoms with Gasteiger partial charge in [0, 0.05) is 10.0 Å². The topological polar surface area (TPSA) is 52.6 Å². The van der Waals surface area contributed by atoms with Crippen LogP contribution in [-0.4, -0.2) is 18.9 Å². The average molecular weight is 535 g/mol. The normalized spacial score (nSPS) is 15.7. The molecule has 0 atom stereocenters. The van der Waals surface area contributed by atoms with Gasteiger partial charge in [0.15, 0.2) is 5.78 Å². The lowest BCUT2D eigenvalue weighted by Gasteiger charge is -2.42. The lowest BCUT2D eigenvalue weighted by atomic mass is 9.62. The molecule has 0 N–H and O–H groups in total. The Morgan fingerprint density at radius 1 is 0.829 bits per heavy atom. The van der Waals surface area contributed by atoms with E-state index in [1.165, 1.54) is 18.2 Å². The Morgan fingerprint density at radius 2 is 1.37 bits per heavy atom. The van der Waals surface area contributed by atoms with Crippen LogP contribution in [0.2, 0.25) is 0 Å². The fraction of sp³-hybridized carbons (Fsp3) is 0.333. The second-order valence-corrected chi connectivity index (χ2v) is 11.4. The molecule has 1 aliphatic carbocycles. The first-order valence-corrected chi connectivity index (χ1v) is 12.6. The number of rotatable bonds is 6. The van der Waals surface area contributed by atoms with Crippen molar-refractivity contribution < 1.29 is 19.1 Å². The molecule has 0 amide bonds. The Bertz CT molecular complexity index is 1250. The van der Waals surface area contributed by atoms with Crippen LogP contribution in [0.4, 0.5) is 0 Å². The molecule has 4 rings (SSSR count). The van der Waals surface area contributed by atoms with E-state index in [0.29, 0.717) is 29.0 Å². The highest BCUT2D eigenvalue weighted by molar-refractivity contribution is 9.10. The van der Waals surface area contributed by atoms with Crippen molar-refractivity contribution in [1.82, 2.24) is 0 Å². The molecule has 3 aromatic carbocycles. The van der Waals surface area contributed by atoms with Gasteiger partial charge in [0.05, 0.1) is 18.2 Å². The predicted octanol–water partition coefficient (Wildman–Crippen LogP) is 7.39. The van der Waals surface area contributed by atoms with E-state index in [9.17, 15) is 9.59 Å². The molecule has 0 heterocycles. The van der Waals surface area contributed by atoms with Crippen LogP contribution in [0, 0.1) is 0 Å². The largest absolute Gasteiger partial charge is 0.488 e. The second-order valence-electron chi connectivity index (χ2n) is 10.5. The molecule has 0 radical (unpaired) electrons. The quantitative estimate of drug-likeness (QED) is 0.244. The molecule has 0 bridgehead atoms. The summed E-state index contributed by atoms with van der Waals surface area (Å²) >= 11 is 3.47. The Balaban J connectivity index is 1.78. The van der Waals surface area contributed by atoms with Crippen molar-refractivity contribution in [2.45, 2.75) is 58.0 Å². The van der Waals surface area contributed by atoms with Crippen LogP contribution in [0.1, 0.15) is 83.5 Å². The first-order chi connectivity index (χ1) is 16.5. The summed E-state index contributed by atoms with van der Waals surface area (Å²) in [5.74, 6) is 0.0222. The third kappa shape index (κ3) is 5.20. The maximum Gasteiger partial charge on any atom is 0.337 e. The first-order valence-electron chi connectivity index (χ1n) is 11.8. The van der Waals surface area contributed by atoms with Gasteiger partial charge in [-0.2, -0.15) is 0 Å². The summed E-state index contributed by atoms with van der Waals surface area (Å²) in [6.07, 6.45) is 2.12. The summed E-state index contributed by atoms with van der Waals surface area (Å²) < 4.78 is 12.1. The molecule has 0 saturated carbocycles. The summed E-state index contributed by atoms with van der Waals surface area (Å²) in [5.41, 5.74) is 4.84. The molecule has 0 fully saturated rings. The maximum atomic E-state index is 13.7. The highest BCUT2D eigenvalue weighted by Gasteiger charge is 2.38. The molecule has 182 valence electrons. The van der Waals surface area contributed by atoms with E-state index in [-0.39, 0.29) is 16.6 Å². The van der Waals surface area contributed by atoms with Crippen molar-refractivity contribution in [3.8, 4) is 5.75 Å². The van der Waals surface area contributed by atoms with Crippen molar-refractivity contribution in [2.24, 2.45) is 0 Å². The molecule has 0 aromatic heterocycles. The van der Waals surface area contributed by atoms with Gasteiger partial charge < -0.3 is 9.47 Å². The molecule has 0 aliphatic heterocycles. The van der Waals surface area contributed by atoms with Crippen LogP contribution in [0.15, 0.2) is 65.1 Å². The molecule has 35 heavy (non-hydrogen) atoms. The van der Waals surface area contributed by atoms with Gasteiger partial charge in [-0.25, -0.2) is 4.79 Å². The van der Waals surface area contributed by atoms with Crippen molar-refractivity contribution >= 4 is 27.7 Å². The van der Waals surface area contributed by atoms with Crippen LogP contribution in [0.5, 0.6) is 5.75 Å². The van der Waals surface area contributed by atoms with Crippen molar-refractivity contribution in [3.05, 3.63) is 98.5 Å². The molecular formula is C30H31BrO4. The standard InChI is InChI=1S/C30H31BrO4/c1-29(2)14-15-30(3,4)25-17-26(35-18-19-6-12-22(31)13-7-19)23(16-24(25)29)27(32)20-8-10-21(11-9-20)28(33)34-5/h6-13,16-17H,14-15,18H2,1-5H3. The van der Waals surface area contributed by atoms with Crippen LogP contribution in [-0.2, 0) is 22.2 Å². The summed E-state index contributed by atoms with van der Waals surface area (Å²) in [6, 6.07) is 18.6. The van der Waals surface area contributed by atoms with Gasteiger partial charge in [0.2, 0.25) is 0 Å². The summed E-state index contributed by atoms with van der Waals surface area (Å²) in [4.78, 5) is 25.6. The monoisotopic (exact) mass is 534 g/mol. The molecule has 0 unspecified atom stereocenters. The van der Waals surface area contributed by atoms with Gasteiger partial charge in [-0.3, -0.25) is 4.79 Å².